The van der Waals surface area contributed by atoms with Gasteiger partial charge >= 0.3 is 0 Å². The van der Waals surface area contributed by atoms with Gasteiger partial charge in [-0.15, -0.1) is 0 Å². The van der Waals surface area contributed by atoms with E-state index in [1.165, 1.54) is 32.4 Å². The summed E-state index contributed by atoms with van der Waals surface area (Å²) >= 11 is 0. The van der Waals surface area contributed by atoms with Gasteiger partial charge in [-0.2, -0.15) is 5.10 Å². The zero-order valence-electron chi connectivity index (χ0n) is 11.5. The van der Waals surface area contributed by atoms with Gasteiger partial charge in [-0.25, -0.2) is 9.67 Å². The Morgan fingerprint density at radius 1 is 1.22 bits per heavy atom. The van der Waals surface area contributed by atoms with Crippen molar-refractivity contribution in [2.24, 2.45) is 0 Å². The van der Waals surface area contributed by atoms with Crippen LogP contribution in [0.25, 0.3) is 0 Å². The second-order valence-electron chi connectivity index (χ2n) is 5.40. The molecule has 5 heteroatoms. The molecule has 2 rings (SSSR count). The van der Waals surface area contributed by atoms with E-state index in [1.54, 1.807) is 12.7 Å². The smallest absolute Gasteiger partial charge is 0.137 e. The molecule has 1 aliphatic rings. The number of hydrogen-bond acceptors (Lipinski definition) is 4. The lowest BCUT2D eigenvalue weighted by molar-refractivity contribution is 0.207. The molecule has 0 aliphatic carbocycles. The average molecular weight is 251 g/mol. The molecule has 0 spiro atoms. The zero-order valence-corrected chi connectivity index (χ0v) is 11.5. The molecule has 0 saturated carbocycles. The molecule has 2 unspecified atom stereocenters. The normalized spacial score (nSPS) is 20.8. The molecule has 18 heavy (non-hydrogen) atoms. The SMILES string of the molecule is CC(CN1CCCCC1)NCC(C)n1cncn1. The molecule has 5 nitrogen and oxygen atoms in total. The molecular weight excluding hydrogens is 226 g/mol. The Hall–Kier alpha value is -0.940. The predicted octanol–water partition coefficient (Wildman–Crippen LogP) is 1.30. The van der Waals surface area contributed by atoms with Gasteiger partial charge < -0.3 is 10.2 Å². The highest BCUT2D eigenvalue weighted by atomic mass is 15.3. The van der Waals surface area contributed by atoms with Gasteiger partial charge in [0.15, 0.2) is 0 Å². The molecule has 1 saturated heterocycles. The van der Waals surface area contributed by atoms with Crippen molar-refractivity contribution in [2.75, 3.05) is 26.2 Å². The first-order valence-corrected chi connectivity index (χ1v) is 7.05. The number of piperidine rings is 1. The minimum atomic E-state index is 0.358. The van der Waals surface area contributed by atoms with Crippen LogP contribution in [-0.4, -0.2) is 51.9 Å². The molecule has 0 bridgehead atoms. The van der Waals surface area contributed by atoms with E-state index < -0.39 is 0 Å². The lowest BCUT2D eigenvalue weighted by Gasteiger charge is -2.29. The predicted molar refractivity (Wildman–Crippen MR) is 72.5 cm³/mol. The van der Waals surface area contributed by atoms with Crippen molar-refractivity contribution in [3.63, 3.8) is 0 Å². The minimum absolute atomic E-state index is 0.358. The third kappa shape index (κ3) is 4.07. The Labute approximate surface area is 110 Å². The Bertz CT molecular complexity index is 318. The van der Waals surface area contributed by atoms with E-state index in [-0.39, 0.29) is 0 Å². The number of rotatable bonds is 6. The lowest BCUT2D eigenvalue weighted by Crippen LogP contribution is -2.42. The minimum Gasteiger partial charge on any atom is -0.311 e. The van der Waals surface area contributed by atoms with Crippen LogP contribution in [0.15, 0.2) is 12.7 Å². The number of likely N-dealkylation sites (tertiary alicyclic amines) is 1. The molecule has 2 atom stereocenters. The van der Waals surface area contributed by atoms with Gasteiger partial charge in [-0.1, -0.05) is 6.42 Å². The van der Waals surface area contributed by atoms with Crippen molar-refractivity contribution in [2.45, 2.75) is 45.2 Å². The maximum Gasteiger partial charge on any atom is 0.137 e. The van der Waals surface area contributed by atoms with E-state index in [1.807, 2.05) is 4.68 Å². The summed E-state index contributed by atoms with van der Waals surface area (Å²) in [5, 5.41) is 7.75. The summed E-state index contributed by atoms with van der Waals surface area (Å²) in [7, 11) is 0. The van der Waals surface area contributed by atoms with Crippen LogP contribution in [0.4, 0.5) is 0 Å². The number of aromatic nitrogens is 3. The zero-order chi connectivity index (χ0) is 12.8. The maximum atomic E-state index is 4.16. The van der Waals surface area contributed by atoms with Crippen molar-refractivity contribution in [1.82, 2.24) is 25.0 Å². The van der Waals surface area contributed by atoms with E-state index in [0.29, 0.717) is 12.1 Å². The number of hydrogen-bond donors (Lipinski definition) is 1. The van der Waals surface area contributed by atoms with Crippen LogP contribution in [0.2, 0.25) is 0 Å². The van der Waals surface area contributed by atoms with E-state index in [0.717, 1.165) is 13.1 Å². The summed E-state index contributed by atoms with van der Waals surface area (Å²) in [6.45, 7) is 9.07. The highest BCUT2D eigenvalue weighted by Crippen LogP contribution is 2.09. The van der Waals surface area contributed by atoms with Crippen molar-refractivity contribution < 1.29 is 0 Å². The van der Waals surface area contributed by atoms with Crippen LogP contribution in [0.5, 0.6) is 0 Å². The number of nitrogens with one attached hydrogen (secondary N) is 1. The average Bonchev–Trinajstić information content (AvgIpc) is 2.91. The summed E-state index contributed by atoms with van der Waals surface area (Å²) in [5.41, 5.74) is 0. The summed E-state index contributed by atoms with van der Waals surface area (Å²) in [6.07, 6.45) is 7.50. The molecule has 0 amide bonds. The molecule has 0 radical (unpaired) electrons. The first kappa shape index (κ1) is 13.5. The fourth-order valence-corrected chi connectivity index (χ4v) is 2.50. The Morgan fingerprint density at radius 3 is 2.67 bits per heavy atom. The monoisotopic (exact) mass is 251 g/mol. The van der Waals surface area contributed by atoms with Crippen LogP contribution < -0.4 is 5.32 Å². The van der Waals surface area contributed by atoms with Gasteiger partial charge in [0, 0.05) is 19.1 Å². The van der Waals surface area contributed by atoms with Crippen molar-refractivity contribution in [3.8, 4) is 0 Å². The van der Waals surface area contributed by atoms with Crippen LogP contribution in [0, 0.1) is 0 Å². The van der Waals surface area contributed by atoms with Gasteiger partial charge in [-0.05, 0) is 39.8 Å². The molecule has 1 aromatic heterocycles. The standard InChI is InChI=1S/C13H25N5/c1-12(9-17-6-4-3-5-7-17)15-8-13(2)18-11-14-10-16-18/h10-13,15H,3-9H2,1-2H3. The molecule has 2 heterocycles. The van der Waals surface area contributed by atoms with Gasteiger partial charge in [0.1, 0.15) is 12.7 Å². The summed E-state index contributed by atoms with van der Waals surface area (Å²) in [6, 6.07) is 0.894. The second kappa shape index (κ2) is 6.85. The van der Waals surface area contributed by atoms with E-state index >= 15 is 0 Å². The highest BCUT2D eigenvalue weighted by Gasteiger charge is 2.14. The largest absolute Gasteiger partial charge is 0.311 e. The molecule has 102 valence electrons. The fraction of sp³-hybridized carbons (Fsp3) is 0.846. The molecule has 1 aromatic rings. The van der Waals surface area contributed by atoms with Gasteiger partial charge in [0.05, 0.1) is 6.04 Å². The lowest BCUT2D eigenvalue weighted by atomic mass is 10.1. The van der Waals surface area contributed by atoms with Gasteiger partial charge in [-0.3, -0.25) is 0 Å². The van der Waals surface area contributed by atoms with E-state index in [9.17, 15) is 0 Å². The first-order chi connectivity index (χ1) is 8.75. The Kier molecular flexibility index (Phi) is 5.13. The van der Waals surface area contributed by atoms with E-state index in [4.69, 9.17) is 0 Å². The fourth-order valence-electron chi connectivity index (χ4n) is 2.50. The first-order valence-electron chi connectivity index (χ1n) is 7.05. The summed E-state index contributed by atoms with van der Waals surface area (Å²) in [5.74, 6) is 0. The topological polar surface area (TPSA) is 46.0 Å². The van der Waals surface area contributed by atoms with E-state index in [2.05, 4.69) is 34.1 Å². The third-order valence-corrected chi connectivity index (χ3v) is 3.63. The van der Waals surface area contributed by atoms with Gasteiger partial charge in [0.2, 0.25) is 0 Å². The number of nitrogens with zero attached hydrogens (tertiary/aromatic N) is 4. The van der Waals surface area contributed by atoms with Crippen molar-refractivity contribution >= 4 is 0 Å². The van der Waals surface area contributed by atoms with Crippen LogP contribution >= 0.6 is 0 Å². The molecule has 1 N–H and O–H groups in total. The second-order valence-corrected chi connectivity index (χ2v) is 5.40. The van der Waals surface area contributed by atoms with Crippen LogP contribution in [0.1, 0.15) is 39.2 Å². The van der Waals surface area contributed by atoms with Crippen LogP contribution in [0.3, 0.4) is 0 Å². The third-order valence-electron chi connectivity index (χ3n) is 3.63. The highest BCUT2D eigenvalue weighted by molar-refractivity contribution is 4.73. The van der Waals surface area contributed by atoms with Crippen molar-refractivity contribution in [3.05, 3.63) is 12.7 Å². The Morgan fingerprint density at radius 2 is 2.00 bits per heavy atom. The molecule has 0 aromatic carbocycles. The molecular formula is C13H25N5. The Balaban J connectivity index is 1.66. The van der Waals surface area contributed by atoms with Crippen molar-refractivity contribution in [1.29, 1.82) is 0 Å². The van der Waals surface area contributed by atoms with Crippen LogP contribution in [-0.2, 0) is 0 Å². The molecule has 1 fully saturated rings. The maximum absolute atomic E-state index is 4.16. The summed E-state index contributed by atoms with van der Waals surface area (Å²) < 4.78 is 1.90. The quantitative estimate of drug-likeness (QED) is 0.828. The molecule has 1 aliphatic heterocycles. The summed E-state index contributed by atoms with van der Waals surface area (Å²) in [4.78, 5) is 6.55. The van der Waals surface area contributed by atoms with Gasteiger partial charge in [0.25, 0.3) is 0 Å².